The first-order chi connectivity index (χ1) is 5.34. The van der Waals surface area contributed by atoms with E-state index in [0.29, 0.717) is 0 Å². The second-order valence-electron chi connectivity index (χ2n) is 2.13. The van der Waals surface area contributed by atoms with Gasteiger partial charge in [-0.2, -0.15) is 0 Å². The van der Waals surface area contributed by atoms with E-state index < -0.39 is 0 Å². The molecular formula is C8H11N3. The van der Waals surface area contributed by atoms with E-state index >= 15 is 0 Å². The van der Waals surface area contributed by atoms with Crippen LogP contribution in [0.1, 0.15) is 6.92 Å². The van der Waals surface area contributed by atoms with E-state index in [1.54, 1.807) is 18.6 Å². The lowest BCUT2D eigenvalue weighted by Gasteiger charge is -2.15. The third-order valence-electron chi connectivity index (χ3n) is 1.30. The van der Waals surface area contributed by atoms with Crippen molar-refractivity contribution >= 4 is 12.4 Å². The fraction of sp³-hybridized carbons (Fsp3) is 0.250. The highest BCUT2D eigenvalue weighted by Crippen LogP contribution is 2.06. The molecule has 1 rings (SSSR count). The van der Waals surface area contributed by atoms with Gasteiger partial charge < -0.3 is 4.90 Å². The second kappa shape index (κ2) is 3.71. The van der Waals surface area contributed by atoms with Gasteiger partial charge >= 0.3 is 0 Å². The predicted octanol–water partition coefficient (Wildman–Crippen LogP) is 1.41. The molecule has 0 amide bonds. The molecule has 0 aromatic carbocycles. The Bertz CT molecular complexity index is 236. The highest BCUT2D eigenvalue weighted by Gasteiger charge is 1.99. The number of hydrogen-bond donors (Lipinski definition) is 0. The van der Waals surface area contributed by atoms with Crippen molar-refractivity contribution in [3.05, 3.63) is 24.3 Å². The van der Waals surface area contributed by atoms with Crippen molar-refractivity contribution in [3.8, 4) is 0 Å². The molecule has 1 aliphatic heterocycles. The average molecular weight is 149 g/mol. The minimum absolute atomic E-state index is 0.852. The Labute approximate surface area is 66.5 Å². The number of hydrogen-bond acceptors (Lipinski definition) is 3. The molecule has 0 unspecified atom stereocenters. The molecule has 0 aromatic heterocycles. The first kappa shape index (κ1) is 7.72. The molecule has 3 nitrogen and oxygen atoms in total. The van der Waals surface area contributed by atoms with Gasteiger partial charge in [-0.05, 0) is 13.0 Å². The van der Waals surface area contributed by atoms with Crippen molar-refractivity contribution in [3.63, 3.8) is 0 Å². The Kier molecular flexibility index (Phi) is 2.60. The smallest absolute Gasteiger partial charge is 0.150 e. The van der Waals surface area contributed by atoms with E-state index in [9.17, 15) is 0 Å². The van der Waals surface area contributed by atoms with Crippen LogP contribution in [0.3, 0.4) is 0 Å². The highest BCUT2D eigenvalue weighted by molar-refractivity contribution is 5.73. The third kappa shape index (κ3) is 2.04. The topological polar surface area (TPSA) is 28.0 Å². The Morgan fingerprint density at radius 3 is 3.09 bits per heavy atom. The summed E-state index contributed by atoms with van der Waals surface area (Å²) < 4.78 is 0. The van der Waals surface area contributed by atoms with Crippen molar-refractivity contribution in [2.24, 2.45) is 9.98 Å². The molecule has 0 aromatic rings. The molecule has 0 bridgehead atoms. The van der Waals surface area contributed by atoms with Crippen molar-refractivity contribution in [1.82, 2.24) is 4.90 Å². The van der Waals surface area contributed by atoms with Gasteiger partial charge in [-0.15, -0.1) is 0 Å². The van der Waals surface area contributed by atoms with Gasteiger partial charge in [-0.25, -0.2) is 4.99 Å². The van der Waals surface area contributed by atoms with Crippen molar-refractivity contribution in [2.45, 2.75) is 6.92 Å². The lowest BCUT2D eigenvalue weighted by molar-refractivity contribution is 0.557. The van der Waals surface area contributed by atoms with Crippen LogP contribution < -0.4 is 0 Å². The van der Waals surface area contributed by atoms with Crippen LogP contribution in [0.4, 0.5) is 0 Å². The number of rotatable bonds is 1. The maximum atomic E-state index is 4.11. The lowest BCUT2D eigenvalue weighted by atomic mass is 10.5. The summed E-state index contributed by atoms with van der Waals surface area (Å²) in [6.07, 6.45) is 9.02. The molecule has 0 radical (unpaired) electrons. The minimum Gasteiger partial charge on any atom is -0.335 e. The normalized spacial score (nSPS) is 20.5. The Morgan fingerprint density at radius 2 is 2.45 bits per heavy atom. The van der Waals surface area contributed by atoms with Crippen LogP contribution in [0.2, 0.25) is 0 Å². The van der Waals surface area contributed by atoms with Crippen molar-refractivity contribution in [2.75, 3.05) is 7.05 Å². The fourth-order valence-electron chi connectivity index (χ4n) is 0.720. The average Bonchev–Trinajstić information content (AvgIpc) is 2.03. The van der Waals surface area contributed by atoms with Gasteiger partial charge in [0.1, 0.15) is 0 Å². The van der Waals surface area contributed by atoms with Gasteiger partial charge in [0.2, 0.25) is 0 Å². The summed E-state index contributed by atoms with van der Waals surface area (Å²) in [5, 5.41) is 0. The lowest BCUT2D eigenvalue weighted by Crippen LogP contribution is -2.10. The van der Waals surface area contributed by atoms with Crippen molar-refractivity contribution in [1.29, 1.82) is 0 Å². The summed E-state index contributed by atoms with van der Waals surface area (Å²) in [4.78, 5) is 9.99. The molecule has 58 valence electrons. The van der Waals surface area contributed by atoms with Gasteiger partial charge in [-0.3, -0.25) is 4.99 Å². The molecule has 0 aliphatic carbocycles. The molecule has 0 fully saturated rings. The van der Waals surface area contributed by atoms with Crippen LogP contribution in [0.25, 0.3) is 0 Å². The fourth-order valence-corrected chi connectivity index (χ4v) is 0.720. The molecule has 0 atom stereocenters. The predicted molar refractivity (Wildman–Crippen MR) is 47.6 cm³/mol. The zero-order valence-electron chi connectivity index (χ0n) is 6.73. The standard InChI is InChI=1S/C8H11N3/c1-3-9-7-8-10-5-4-6-11(8)2/h3-7H,1-2H3/b8-7-,9-3?. The quantitative estimate of drug-likeness (QED) is 0.518. The summed E-state index contributed by atoms with van der Waals surface area (Å²) in [6.45, 7) is 1.87. The van der Waals surface area contributed by atoms with Crippen LogP contribution in [0.5, 0.6) is 0 Å². The van der Waals surface area contributed by atoms with Gasteiger partial charge in [0.05, 0.1) is 6.20 Å². The van der Waals surface area contributed by atoms with E-state index in [4.69, 9.17) is 0 Å². The van der Waals surface area contributed by atoms with E-state index in [2.05, 4.69) is 9.98 Å². The van der Waals surface area contributed by atoms with Gasteiger partial charge in [0.15, 0.2) is 5.82 Å². The highest BCUT2D eigenvalue weighted by atomic mass is 15.2. The summed E-state index contributed by atoms with van der Waals surface area (Å²) in [5.41, 5.74) is 0. The molecular weight excluding hydrogens is 138 g/mol. The van der Waals surface area contributed by atoms with Crippen LogP contribution in [-0.2, 0) is 0 Å². The minimum atomic E-state index is 0.852. The maximum Gasteiger partial charge on any atom is 0.150 e. The maximum absolute atomic E-state index is 4.11. The number of allylic oxidation sites excluding steroid dienone is 1. The molecule has 3 heteroatoms. The Balaban J connectivity index is 2.72. The summed E-state index contributed by atoms with van der Waals surface area (Å²) >= 11 is 0. The molecule has 0 saturated heterocycles. The zero-order chi connectivity index (χ0) is 8.10. The first-order valence-corrected chi connectivity index (χ1v) is 3.46. The number of nitrogens with zero attached hydrogens (tertiary/aromatic N) is 3. The zero-order valence-corrected chi connectivity index (χ0v) is 6.73. The van der Waals surface area contributed by atoms with Crippen LogP contribution in [-0.4, -0.2) is 24.4 Å². The van der Waals surface area contributed by atoms with Crippen LogP contribution in [0, 0.1) is 0 Å². The molecule has 1 aliphatic rings. The molecule has 0 spiro atoms. The van der Waals surface area contributed by atoms with Gasteiger partial charge in [0.25, 0.3) is 0 Å². The largest absolute Gasteiger partial charge is 0.335 e. The van der Waals surface area contributed by atoms with Crippen molar-refractivity contribution < 1.29 is 0 Å². The van der Waals surface area contributed by atoms with Crippen LogP contribution >= 0.6 is 0 Å². The Hall–Kier alpha value is -1.38. The molecule has 1 heterocycles. The van der Waals surface area contributed by atoms with E-state index in [-0.39, 0.29) is 0 Å². The van der Waals surface area contributed by atoms with Gasteiger partial charge in [-0.1, -0.05) is 0 Å². The third-order valence-corrected chi connectivity index (χ3v) is 1.30. The molecule has 11 heavy (non-hydrogen) atoms. The van der Waals surface area contributed by atoms with Gasteiger partial charge in [0, 0.05) is 25.7 Å². The van der Waals surface area contributed by atoms with Crippen LogP contribution in [0.15, 0.2) is 34.3 Å². The molecule has 0 N–H and O–H groups in total. The second-order valence-corrected chi connectivity index (χ2v) is 2.13. The van der Waals surface area contributed by atoms with E-state index in [0.717, 1.165) is 5.82 Å². The Morgan fingerprint density at radius 1 is 1.64 bits per heavy atom. The summed E-state index contributed by atoms with van der Waals surface area (Å²) in [5.74, 6) is 0.852. The first-order valence-electron chi connectivity index (χ1n) is 3.46. The monoisotopic (exact) mass is 149 g/mol. The summed E-state index contributed by atoms with van der Waals surface area (Å²) in [6, 6.07) is 0. The van der Waals surface area contributed by atoms with E-state index in [1.165, 1.54) is 0 Å². The number of aliphatic imine (C=N–C) groups is 2. The SMILES string of the molecule is CC=N/C=C1/N=CC=CN1C. The molecule has 0 saturated carbocycles. The summed E-state index contributed by atoms with van der Waals surface area (Å²) in [7, 11) is 1.93. The van der Waals surface area contributed by atoms with E-state index in [1.807, 2.05) is 31.1 Å².